The number of aliphatic carboxylic acids is 1. The molecule has 0 bridgehead atoms. The van der Waals surface area contributed by atoms with Crippen LogP contribution in [-0.2, 0) is 11.2 Å². The van der Waals surface area contributed by atoms with E-state index in [-0.39, 0.29) is 0 Å². The summed E-state index contributed by atoms with van der Waals surface area (Å²) in [5, 5.41) is 21.6. The van der Waals surface area contributed by atoms with Crippen LogP contribution in [0.1, 0.15) is 15.9 Å². The van der Waals surface area contributed by atoms with Crippen LogP contribution in [0.5, 0.6) is 0 Å². The highest BCUT2D eigenvalue weighted by Gasteiger charge is 2.38. The number of nitrogens with one attached hydrogen (secondary N) is 1. The molecule has 0 saturated heterocycles. The van der Waals surface area contributed by atoms with Crippen molar-refractivity contribution in [3.05, 3.63) is 65.7 Å². The van der Waals surface area contributed by atoms with E-state index in [1.807, 2.05) is 30.3 Å². The lowest BCUT2D eigenvalue weighted by Crippen LogP contribution is -2.21. The average molecular weight is 403 g/mol. The lowest BCUT2D eigenvalue weighted by Gasteiger charge is -2.11. The van der Waals surface area contributed by atoms with Crippen LogP contribution in [-0.4, -0.2) is 34.9 Å². The van der Waals surface area contributed by atoms with Gasteiger partial charge in [-0.15, -0.1) is 0 Å². The SMILES string of the molecule is O=C(O)C(F)(F)F.O=C(O)c1ccc(-c2ccc3c(c2)CCN3)c2ccccc12. The summed E-state index contributed by atoms with van der Waals surface area (Å²) in [6, 6.07) is 17.7. The van der Waals surface area contributed by atoms with Gasteiger partial charge in [-0.05, 0) is 52.1 Å². The van der Waals surface area contributed by atoms with Crippen molar-refractivity contribution in [1.29, 1.82) is 0 Å². The van der Waals surface area contributed by atoms with Gasteiger partial charge in [0.05, 0.1) is 5.56 Å². The van der Waals surface area contributed by atoms with Gasteiger partial charge in [0, 0.05) is 12.2 Å². The highest BCUT2D eigenvalue weighted by molar-refractivity contribution is 6.08. The standard InChI is InChI=1S/C19H15NO2.C2HF3O2/c21-19(22)17-7-6-14(15-3-1-2-4-16(15)17)12-5-8-18-13(11-12)9-10-20-18;3-2(4,5)1(6)7/h1-8,11,20H,9-10H2,(H,21,22);(H,6,7). The molecular weight excluding hydrogens is 387 g/mol. The van der Waals surface area contributed by atoms with Crippen LogP contribution in [0, 0.1) is 0 Å². The van der Waals surface area contributed by atoms with Crippen LogP contribution in [0.4, 0.5) is 18.9 Å². The van der Waals surface area contributed by atoms with Gasteiger partial charge in [-0.3, -0.25) is 0 Å². The number of hydrogen-bond acceptors (Lipinski definition) is 3. The number of benzene rings is 3. The maximum absolute atomic E-state index is 11.4. The summed E-state index contributed by atoms with van der Waals surface area (Å²) in [6.07, 6.45) is -4.05. The van der Waals surface area contributed by atoms with E-state index < -0.39 is 18.1 Å². The first-order valence-electron chi connectivity index (χ1n) is 8.61. The Labute approximate surface area is 163 Å². The van der Waals surface area contributed by atoms with E-state index in [0.717, 1.165) is 34.9 Å². The molecule has 1 heterocycles. The van der Waals surface area contributed by atoms with Gasteiger partial charge in [-0.1, -0.05) is 36.4 Å². The highest BCUT2D eigenvalue weighted by atomic mass is 19.4. The first kappa shape index (κ1) is 20.2. The van der Waals surface area contributed by atoms with Crippen molar-refractivity contribution in [3.8, 4) is 11.1 Å². The van der Waals surface area contributed by atoms with Gasteiger partial charge < -0.3 is 15.5 Å². The van der Waals surface area contributed by atoms with Crippen molar-refractivity contribution < 1.29 is 33.0 Å². The average Bonchev–Trinajstić information content (AvgIpc) is 3.14. The molecule has 1 aliphatic rings. The molecule has 0 saturated carbocycles. The topological polar surface area (TPSA) is 86.6 Å². The minimum Gasteiger partial charge on any atom is -0.478 e. The van der Waals surface area contributed by atoms with Gasteiger partial charge in [0.2, 0.25) is 0 Å². The smallest absolute Gasteiger partial charge is 0.478 e. The van der Waals surface area contributed by atoms with Crippen molar-refractivity contribution in [3.63, 3.8) is 0 Å². The summed E-state index contributed by atoms with van der Waals surface area (Å²) >= 11 is 0. The van der Waals surface area contributed by atoms with E-state index in [9.17, 15) is 23.1 Å². The normalized spacial score (nSPS) is 12.5. The van der Waals surface area contributed by atoms with Crippen LogP contribution in [0.25, 0.3) is 21.9 Å². The van der Waals surface area contributed by atoms with Crippen LogP contribution in [0.2, 0.25) is 0 Å². The van der Waals surface area contributed by atoms with Crippen LogP contribution < -0.4 is 5.32 Å². The minimum absolute atomic E-state index is 0.349. The van der Waals surface area contributed by atoms with Gasteiger partial charge in [0.1, 0.15) is 0 Å². The quantitative estimate of drug-likeness (QED) is 0.572. The van der Waals surface area contributed by atoms with Gasteiger partial charge in [0.15, 0.2) is 0 Å². The number of hydrogen-bond donors (Lipinski definition) is 3. The molecule has 0 unspecified atom stereocenters. The molecule has 0 amide bonds. The Kier molecular flexibility index (Phi) is 5.45. The summed E-state index contributed by atoms with van der Waals surface area (Å²) in [7, 11) is 0. The molecule has 0 aromatic heterocycles. The molecule has 0 atom stereocenters. The van der Waals surface area contributed by atoms with Crippen molar-refractivity contribution >= 4 is 28.4 Å². The number of aromatic carboxylic acids is 1. The fourth-order valence-electron chi connectivity index (χ4n) is 3.21. The summed E-state index contributed by atoms with van der Waals surface area (Å²) in [5.74, 6) is -3.64. The molecular formula is C21H16F3NO4. The number of fused-ring (bicyclic) bond motifs is 2. The Bertz CT molecular complexity index is 1090. The van der Waals surface area contributed by atoms with Gasteiger partial charge in [-0.2, -0.15) is 13.2 Å². The van der Waals surface area contributed by atoms with E-state index >= 15 is 0 Å². The number of carboxylic acids is 2. The molecule has 0 fully saturated rings. The maximum atomic E-state index is 11.4. The van der Waals surface area contributed by atoms with E-state index in [0.29, 0.717) is 5.56 Å². The number of carboxylic acid groups (broad SMARTS) is 2. The predicted octanol–water partition coefficient (Wildman–Crippen LogP) is 4.81. The predicted molar refractivity (Wildman–Crippen MR) is 102 cm³/mol. The molecule has 8 heteroatoms. The van der Waals surface area contributed by atoms with E-state index in [2.05, 4.69) is 23.5 Å². The zero-order chi connectivity index (χ0) is 21.2. The number of halogens is 3. The molecule has 29 heavy (non-hydrogen) atoms. The lowest BCUT2D eigenvalue weighted by atomic mass is 9.94. The number of carbonyl (C=O) groups is 2. The zero-order valence-corrected chi connectivity index (χ0v) is 15.0. The van der Waals surface area contributed by atoms with Gasteiger partial charge in [-0.25, -0.2) is 9.59 Å². The molecule has 3 N–H and O–H groups in total. The zero-order valence-electron chi connectivity index (χ0n) is 15.0. The molecule has 5 nitrogen and oxygen atoms in total. The third kappa shape index (κ3) is 4.31. The summed E-state index contributed by atoms with van der Waals surface area (Å²) in [6.45, 7) is 0.984. The minimum atomic E-state index is -5.08. The highest BCUT2D eigenvalue weighted by Crippen LogP contribution is 2.34. The van der Waals surface area contributed by atoms with E-state index in [1.165, 1.54) is 11.3 Å². The van der Waals surface area contributed by atoms with Crippen LogP contribution in [0.15, 0.2) is 54.6 Å². The molecule has 3 aromatic rings. The second-order valence-electron chi connectivity index (χ2n) is 6.36. The molecule has 0 radical (unpaired) electrons. The first-order valence-corrected chi connectivity index (χ1v) is 8.61. The second kappa shape index (κ2) is 7.83. The third-order valence-corrected chi connectivity index (χ3v) is 4.52. The summed E-state index contributed by atoms with van der Waals surface area (Å²) in [4.78, 5) is 20.3. The fourth-order valence-corrected chi connectivity index (χ4v) is 3.21. The van der Waals surface area contributed by atoms with Crippen molar-refractivity contribution in [2.75, 3.05) is 11.9 Å². The number of rotatable bonds is 2. The number of anilines is 1. The van der Waals surface area contributed by atoms with Crippen molar-refractivity contribution in [2.24, 2.45) is 0 Å². The Morgan fingerprint density at radius 3 is 2.21 bits per heavy atom. The molecule has 0 aliphatic carbocycles. The molecule has 3 aromatic carbocycles. The Hall–Kier alpha value is -3.55. The second-order valence-corrected chi connectivity index (χ2v) is 6.36. The van der Waals surface area contributed by atoms with Gasteiger partial charge >= 0.3 is 18.1 Å². The fraction of sp³-hybridized carbons (Fsp3) is 0.143. The monoisotopic (exact) mass is 403 g/mol. The van der Waals surface area contributed by atoms with Crippen molar-refractivity contribution in [2.45, 2.75) is 12.6 Å². The summed E-state index contributed by atoms with van der Waals surface area (Å²) < 4.78 is 31.7. The molecule has 4 rings (SSSR count). The van der Waals surface area contributed by atoms with Crippen LogP contribution >= 0.6 is 0 Å². The van der Waals surface area contributed by atoms with Gasteiger partial charge in [0.25, 0.3) is 0 Å². The van der Waals surface area contributed by atoms with Crippen molar-refractivity contribution in [1.82, 2.24) is 0 Å². The van der Waals surface area contributed by atoms with E-state index in [4.69, 9.17) is 9.90 Å². The summed E-state index contributed by atoms with van der Waals surface area (Å²) in [5.41, 5.74) is 5.09. The van der Waals surface area contributed by atoms with E-state index in [1.54, 1.807) is 6.07 Å². The third-order valence-electron chi connectivity index (χ3n) is 4.52. The lowest BCUT2D eigenvalue weighted by molar-refractivity contribution is -0.192. The first-order chi connectivity index (χ1) is 13.7. The molecule has 1 aliphatic heterocycles. The number of alkyl halides is 3. The Morgan fingerprint density at radius 1 is 0.931 bits per heavy atom. The Balaban J connectivity index is 0.000000298. The molecule has 0 spiro atoms. The largest absolute Gasteiger partial charge is 0.490 e. The Morgan fingerprint density at radius 2 is 1.59 bits per heavy atom. The molecule has 150 valence electrons. The maximum Gasteiger partial charge on any atom is 0.490 e. The van der Waals surface area contributed by atoms with Crippen LogP contribution in [0.3, 0.4) is 0 Å².